The van der Waals surface area contributed by atoms with Gasteiger partial charge in [-0.05, 0) is 61.9 Å². The van der Waals surface area contributed by atoms with Crippen LogP contribution in [0, 0.1) is 11.8 Å². The number of anilines is 1. The number of nitrogen functional groups attached to an aromatic ring is 1. The molecule has 2 saturated heterocycles. The number of ketones is 1. The predicted octanol–water partition coefficient (Wildman–Crippen LogP) is 2.90. The molecular formula is C22H27N5O2S. The Morgan fingerprint density at radius 2 is 1.67 bits per heavy atom. The van der Waals surface area contributed by atoms with Crippen LogP contribution in [-0.2, 0) is 4.79 Å². The Bertz CT molecular complexity index is 878. The maximum Gasteiger partial charge on any atom is 0.225 e. The molecule has 2 aliphatic rings. The topological polar surface area (TPSA) is 92.4 Å². The number of nitrogens with two attached hydrogens (primary N) is 1. The smallest absolute Gasteiger partial charge is 0.225 e. The highest BCUT2D eigenvalue weighted by Gasteiger charge is 2.33. The van der Waals surface area contributed by atoms with Gasteiger partial charge in [0.25, 0.3) is 0 Å². The lowest BCUT2D eigenvalue weighted by Crippen LogP contribution is -2.45. The van der Waals surface area contributed by atoms with Gasteiger partial charge in [-0.25, -0.2) is 9.29 Å². The van der Waals surface area contributed by atoms with E-state index in [1.807, 2.05) is 29.2 Å². The second-order valence-electron chi connectivity index (χ2n) is 7.89. The van der Waals surface area contributed by atoms with E-state index in [0.29, 0.717) is 24.6 Å². The van der Waals surface area contributed by atoms with E-state index in [4.69, 9.17) is 5.73 Å². The van der Waals surface area contributed by atoms with E-state index in [-0.39, 0.29) is 23.5 Å². The fourth-order valence-corrected chi connectivity index (χ4v) is 5.15. The molecule has 2 fully saturated rings. The molecule has 2 aliphatic heterocycles. The minimum absolute atomic E-state index is 0.0324. The van der Waals surface area contributed by atoms with Crippen LogP contribution in [0.4, 0.5) is 5.82 Å². The summed E-state index contributed by atoms with van der Waals surface area (Å²) in [5.41, 5.74) is 6.28. The van der Waals surface area contributed by atoms with Crippen LogP contribution in [0.25, 0.3) is 0 Å². The average molecular weight is 426 g/mol. The van der Waals surface area contributed by atoms with Crippen molar-refractivity contribution in [2.24, 2.45) is 11.8 Å². The van der Waals surface area contributed by atoms with Crippen molar-refractivity contribution in [2.45, 2.75) is 30.6 Å². The Labute approximate surface area is 181 Å². The monoisotopic (exact) mass is 425 g/mol. The number of pyridine rings is 2. The van der Waals surface area contributed by atoms with E-state index in [9.17, 15) is 9.59 Å². The van der Waals surface area contributed by atoms with Crippen molar-refractivity contribution in [1.82, 2.24) is 19.2 Å². The third-order valence-electron chi connectivity index (χ3n) is 5.88. The highest BCUT2D eigenvalue weighted by atomic mass is 32.2. The molecule has 4 heterocycles. The zero-order valence-electron chi connectivity index (χ0n) is 16.9. The minimum atomic E-state index is -0.0324. The number of carbonyl (C=O) groups is 2. The van der Waals surface area contributed by atoms with Crippen LogP contribution in [0.15, 0.2) is 47.6 Å². The van der Waals surface area contributed by atoms with Gasteiger partial charge in [-0.3, -0.25) is 14.6 Å². The quantitative estimate of drug-likeness (QED) is 0.582. The molecule has 2 N–H and O–H groups in total. The summed E-state index contributed by atoms with van der Waals surface area (Å²) < 4.78 is 2.29. The summed E-state index contributed by atoms with van der Waals surface area (Å²) in [6.07, 6.45) is 6.54. The number of Topliss-reactive ketones (excluding diaryl/α,β-unsaturated/α-hetero) is 1. The van der Waals surface area contributed by atoms with Gasteiger partial charge in [-0.2, -0.15) is 0 Å². The molecule has 0 aliphatic carbocycles. The number of carbonyl (C=O) groups excluding carboxylic acids is 2. The summed E-state index contributed by atoms with van der Waals surface area (Å²) in [4.78, 5) is 36.8. The molecule has 2 aromatic rings. The molecule has 0 aromatic carbocycles. The van der Waals surface area contributed by atoms with E-state index in [1.165, 1.54) is 0 Å². The van der Waals surface area contributed by atoms with Gasteiger partial charge < -0.3 is 10.6 Å². The number of amides is 1. The van der Waals surface area contributed by atoms with E-state index < -0.39 is 0 Å². The van der Waals surface area contributed by atoms with Crippen LogP contribution >= 0.6 is 11.9 Å². The molecule has 8 heteroatoms. The van der Waals surface area contributed by atoms with Crippen molar-refractivity contribution in [3.8, 4) is 0 Å². The Hall–Kier alpha value is -2.45. The van der Waals surface area contributed by atoms with Gasteiger partial charge in [0.1, 0.15) is 11.5 Å². The highest BCUT2D eigenvalue weighted by molar-refractivity contribution is 7.97. The van der Waals surface area contributed by atoms with Gasteiger partial charge >= 0.3 is 0 Å². The lowest BCUT2D eigenvalue weighted by Gasteiger charge is -2.36. The SMILES string of the molecule is Nc1cc(SN2CCC(C(=O)N3CCC(C(=O)c4ccccn4)CC3)CC2)ccn1. The third kappa shape index (κ3) is 4.99. The van der Waals surface area contributed by atoms with Crippen LogP contribution in [0.1, 0.15) is 36.2 Å². The molecular weight excluding hydrogens is 398 g/mol. The second kappa shape index (κ2) is 9.57. The summed E-state index contributed by atoms with van der Waals surface area (Å²) in [6, 6.07) is 9.25. The van der Waals surface area contributed by atoms with Crippen molar-refractivity contribution in [3.63, 3.8) is 0 Å². The van der Waals surface area contributed by atoms with E-state index in [1.54, 1.807) is 30.4 Å². The molecule has 158 valence electrons. The second-order valence-corrected chi connectivity index (χ2v) is 9.06. The maximum atomic E-state index is 13.0. The molecule has 0 radical (unpaired) electrons. The zero-order valence-corrected chi connectivity index (χ0v) is 17.8. The molecule has 2 aromatic heterocycles. The number of nitrogens with zero attached hydrogens (tertiary/aromatic N) is 4. The Balaban J connectivity index is 1.24. The Kier molecular flexibility index (Phi) is 6.64. The number of hydrogen-bond acceptors (Lipinski definition) is 7. The molecule has 1 amide bonds. The summed E-state index contributed by atoms with van der Waals surface area (Å²) in [7, 11) is 0. The summed E-state index contributed by atoms with van der Waals surface area (Å²) in [6.45, 7) is 3.07. The molecule has 7 nitrogen and oxygen atoms in total. The first-order valence-corrected chi connectivity index (χ1v) is 11.3. The third-order valence-corrected chi connectivity index (χ3v) is 6.97. The average Bonchev–Trinajstić information content (AvgIpc) is 2.79. The van der Waals surface area contributed by atoms with Crippen molar-refractivity contribution in [1.29, 1.82) is 0 Å². The van der Waals surface area contributed by atoms with Crippen molar-refractivity contribution < 1.29 is 9.59 Å². The first kappa shape index (κ1) is 20.8. The highest BCUT2D eigenvalue weighted by Crippen LogP contribution is 2.30. The van der Waals surface area contributed by atoms with Gasteiger partial charge in [0.05, 0.1) is 0 Å². The molecule has 0 bridgehead atoms. The summed E-state index contributed by atoms with van der Waals surface area (Å²) in [5.74, 6) is 0.915. The normalized spacial score (nSPS) is 19.0. The van der Waals surface area contributed by atoms with Crippen LogP contribution in [0.5, 0.6) is 0 Å². The van der Waals surface area contributed by atoms with Crippen LogP contribution < -0.4 is 5.73 Å². The van der Waals surface area contributed by atoms with Crippen LogP contribution in [-0.4, -0.2) is 57.0 Å². The molecule has 0 unspecified atom stereocenters. The van der Waals surface area contributed by atoms with Crippen LogP contribution in [0.3, 0.4) is 0 Å². The van der Waals surface area contributed by atoms with Gasteiger partial charge in [0.15, 0.2) is 5.78 Å². The minimum Gasteiger partial charge on any atom is -0.384 e. The number of likely N-dealkylation sites (tertiary alicyclic amines) is 1. The van der Waals surface area contributed by atoms with Crippen molar-refractivity contribution >= 4 is 29.5 Å². The summed E-state index contributed by atoms with van der Waals surface area (Å²) >= 11 is 1.67. The molecule has 0 saturated carbocycles. The fraction of sp³-hybridized carbons (Fsp3) is 0.455. The Morgan fingerprint density at radius 3 is 2.33 bits per heavy atom. The van der Waals surface area contributed by atoms with Crippen LogP contribution in [0.2, 0.25) is 0 Å². The number of rotatable bonds is 5. The molecule has 0 atom stereocenters. The molecule has 4 rings (SSSR count). The number of piperidine rings is 2. The largest absolute Gasteiger partial charge is 0.384 e. The molecule has 30 heavy (non-hydrogen) atoms. The predicted molar refractivity (Wildman–Crippen MR) is 117 cm³/mol. The lowest BCUT2D eigenvalue weighted by molar-refractivity contribution is -0.138. The van der Waals surface area contributed by atoms with E-state index in [2.05, 4.69) is 14.3 Å². The summed E-state index contributed by atoms with van der Waals surface area (Å²) in [5, 5.41) is 0. The van der Waals surface area contributed by atoms with Gasteiger partial charge in [-0.15, -0.1) is 0 Å². The standard InChI is InChI=1S/C22H27N5O2S/c23-20-15-18(4-10-25-20)30-27-13-7-17(8-14-27)22(29)26-11-5-16(6-12-26)21(28)19-3-1-2-9-24-19/h1-4,9-10,15-17H,5-8,11-14H2,(H2,23,25). The molecule has 0 spiro atoms. The first-order chi connectivity index (χ1) is 14.6. The maximum absolute atomic E-state index is 13.0. The number of aromatic nitrogens is 2. The Morgan fingerprint density at radius 1 is 0.933 bits per heavy atom. The van der Waals surface area contributed by atoms with Crippen molar-refractivity contribution in [2.75, 3.05) is 31.9 Å². The van der Waals surface area contributed by atoms with E-state index >= 15 is 0 Å². The fourth-order valence-electron chi connectivity index (χ4n) is 4.17. The van der Waals surface area contributed by atoms with Gasteiger partial charge in [-0.1, -0.05) is 6.07 Å². The first-order valence-electron chi connectivity index (χ1n) is 10.5. The number of hydrogen-bond donors (Lipinski definition) is 1. The van der Waals surface area contributed by atoms with E-state index in [0.717, 1.165) is 43.7 Å². The van der Waals surface area contributed by atoms with Gasteiger partial charge in [0, 0.05) is 55.3 Å². The zero-order chi connectivity index (χ0) is 20.9. The van der Waals surface area contributed by atoms with Crippen molar-refractivity contribution in [3.05, 3.63) is 48.4 Å². The van der Waals surface area contributed by atoms with Gasteiger partial charge in [0.2, 0.25) is 5.91 Å². The lowest BCUT2D eigenvalue weighted by atomic mass is 9.89.